The molecule has 0 aromatic heterocycles. The maximum absolute atomic E-state index is 12.2. The number of carbonyl (C=O) groups excluding carboxylic acids is 1. The standard InChI is InChI=1S/C20H28O2/c1-13(2)16-15(8-7-14-11-22-18(21)17(14)16)20(5)10-6-9-19(3,4)12-20/h7-8,13H,6,9-12H2,1-5H3/t20-/m0/s1. The molecule has 1 aromatic rings. The SMILES string of the molecule is CC(C)c1c([C@@]2(C)CCCC(C)(C)C2)ccc2c1C(=O)OC2. The third-order valence-corrected chi connectivity index (χ3v) is 5.57. The molecular weight excluding hydrogens is 272 g/mol. The Morgan fingerprint density at radius 3 is 2.50 bits per heavy atom. The number of esters is 1. The summed E-state index contributed by atoms with van der Waals surface area (Å²) in [5.41, 5.74) is 5.08. The van der Waals surface area contributed by atoms with Crippen LogP contribution >= 0.6 is 0 Å². The van der Waals surface area contributed by atoms with E-state index >= 15 is 0 Å². The molecule has 0 spiro atoms. The Hall–Kier alpha value is -1.31. The number of benzene rings is 1. The van der Waals surface area contributed by atoms with Crippen molar-refractivity contribution >= 4 is 5.97 Å². The summed E-state index contributed by atoms with van der Waals surface area (Å²) in [7, 11) is 0. The monoisotopic (exact) mass is 300 g/mol. The zero-order valence-electron chi connectivity index (χ0n) is 14.6. The Bertz CT molecular complexity index is 612. The van der Waals surface area contributed by atoms with Gasteiger partial charge in [0.05, 0.1) is 5.56 Å². The quantitative estimate of drug-likeness (QED) is 0.689. The lowest BCUT2D eigenvalue weighted by atomic mass is 9.60. The molecule has 1 aliphatic heterocycles. The average Bonchev–Trinajstić information content (AvgIpc) is 2.78. The van der Waals surface area contributed by atoms with Crippen molar-refractivity contribution in [2.24, 2.45) is 5.41 Å². The molecule has 1 heterocycles. The molecule has 2 aliphatic rings. The summed E-state index contributed by atoms with van der Waals surface area (Å²) in [6.45, 7) is 12.0. The summed E-state index contributed by atoms with van der Waals surface area (Å²) >= 11 is 0. The first-order valence-electron chi connectivity index (χ1n) is 8.57. The fourth-order valence-electron chi connectivity index (χ4n) is 4.79. The minimum absolute atomic E-state index is 0.126. The van der Waals surface area contributed by atoms with Crippen LogP contribution in [-0.4, -0.2) is 5.97 Å². The Morgan fingerprint density at radius 2 is 1.86 bits per heavy atom. The van der Waals surface area contributed by atoms with Crippen LogP contribution in [0.1, 0.15) is 93.3 Å². The fourth-order valence-corrected chi connectivity index (χ4v) is 4.79. The number of ether oxygens (including phenoxy) is 1. The zero-order valence-corrected chi connectivity index (χ0v) is 14.6. The van der Waals surface area contributed by atoms with E-state index in [2.05, 4.69) is 46.8 Å². The van der Waals surface area contributed by atoms with Gasteiger partial charge in [0.25, 0.3) is 0 Å². The maximum atomic E-state index is 12.2. The highest BCUT2D eigenvalue weighted by Crippen LogP contribution is 2.50. The molecule has 1 atom stereocenters. The van der Waals surface area contributed by atoms with Crippen LogP contribution in [0.25, 0.3) is 0 Å². The molecule has 0 saturated heterocycles. The Labute approximate surface area is 134 Å². The number of cyclic esters (lactones) is 1. The average molecular weight is 300 g/mol. The molecule has 0 bridgehead atoms. The van der Waals surface area contributed by atoms with E-state index in [0.717, 1.165) is 11.1 Å². The number of fused-ring (bicyclic) bond motifs is 1. The van der Waals surface area contributed by atoms with Crippen molar-refractivity contribution in [3.05, 3.63) is 34.4 Å². The first kappa shape index (κ1) is 15.6. The third-order valence-electron chi connectivity index (χ3n) is 5.57. The number of hydrogen-bond acceptors (Lipinski definition) is 2. The van der Waals surface area contributed by atoms with Gasteiger partial charge in [-0.2, -0.15) is 0 Å². The molecule has 2 nitrogen and oxygen atoms in total. The van der Waals surface area contributed by atoms with E-state index in [1.165, 1.54) is 36.8 Å². The van der Waals surface area contributed by atoms with Crippen LogP contribution < -0.4 is 0 Å². The van der Waals surface area contributed by atoms with Crippen LogP contribution in [0, 0.1) is 5.41 Å². The first-order chi connectivity index (χ1) is 10.2. The van der Waals surface area contributed by atoms with Crippen LogP contribution in [0.5, 0.6) is 0 Å². The molecular formula is C20H28O2. The second-order valence-electron chi connectivity index (χ2n) is 8.55. The summed E-state index contributed by atoms with van der Waals surface area (Å²) in [4.78, 5) is 12.2. The van der Waals surface area contributed by atoms with Crippen molar-refractivity contribution < 1.29 is 9.53 Å². The minimum atomic E-state index is -0.126. The van der Waals surface area contributed by atoms with Gasteiger partial charge >= 0.3 is 5.97 Å². The second-order valence-corrected chi connectivity index (χ2v) is 8.55. The summed E-state index contributed by atoms with van der Waals surface area (Å²) in [5.74, 6) is 0.219. The predicted octanol–water partition coefficient (Wildman–Crippen LogP) is 5.34. The van der Waals surface area contributed by atoms with Crippen LogP contribution in [0.3, 0.4) is 0 Å². The smallest absolute Gasteiger partial charge is 0.339 e. The van der Waals surface area contributed by atoms with Gasteiger partial charge in [-0.15, -0.1) is 0 Å². The Balaban J connectivity index is 2.15. The molecule has 22 heavy (non-hydrogen) atoms. The van der Waals surface area contributed by atoms with Gasteiger partial charge < -0.3 is 4.74 Å². The van der Waals surface area contributed by atoms with E-state index in [4.69, 9.17) is 4.74 Å². The van der Waals surface area contributed by atoms with Gasteiger partial charge in [0.2, 0.25) is 0 Å². The van der Waals surface area contributed by atoms with Crippen molar-refractivity contribution in [1.82, 2.24) is 0 Å². The van der Waals surface area contributed by atoms with E-state index in [1.54, 1.807) is 0 Å². The van der Waals surface area contributed by atoms with Gasteiger partial charge in [0.15, 0.2) is 0 Å². The largest absolute Gasteiger partial charge is 0.457 e. The van der Waals surface area contributed by atoms with Gasteiger partial charge in [-0.25, -0.2) is 4.79 Å². The molecule has 0 unspecified atom stereocenters. The Morgan fingerprint density at radius 1 is 1.14 bits per heavy atom. The van der Waals surface area contributed by atoms with Crippen molar-refractivity contribution in [3.8, 4) is 0 Å². The van der Waals surface area contributed by atoms with E-state index in [-0.39, 0.29) is 11.4 Å². The lowest BCUT2D eigenvalue weighted by Gasteiger charge is -2.44. The molecule has 0 radical (unpaired) electrons. The number of carbonyl (C=O) groups is 1. The highest BCUT2D eigenvalue weighted by Gasteiger charge is 2.41. The summed E-state index contributed by atoms with van der Waals surface area (Å²) in [6, 6.07) is 4.39. The van der Waals surface area contributed by atoms with Crippen LogP contribution in [0.4, 0.5) is 0 Å². The van der Waals surface area contributed by atoms with Crippen LogP contribution in [0.15, 0.2) is 12.1 Å². The number of hydrogen-bond donors (Lipinski definition) is 0. The number of rotatable bonds is 2. The zero-order chi connectivity index (χ0) is 16.1. The minimum Gasteiger partial charge on any atom is -0.457 e. The second kappa shape index (κ2) is 5.11. The van der Waals surface area contributed by atoms with Crippen molar-refractivity contribution in [2.75, 3.05) is 0 Å². The van der Waals surface area contributed by atoms with E-state index in [9.17, 15) is 4.79 Å². The first-order valence-corrected chi connectivity index (χ1v) is 8.57. The van der Waals surface area contributed by atoms with Gasteiger partial charge in [-0.3, -0.25) is 0 Å². The molecule has 0 amide bonds. The van der Waals surface area contributed by atoms with Gasteiger partial charge in [-0.1, -0.05) is 53.2 Å². The van der Waals surface area contributed by atoms with Crippen LogP contribution in [-0.2, 0) is 16.8 Å². The molecule has 3 rings (SSSR count). The molecule has 1 fully saturated rings. The fraction of sp³-hybridized carbons (Fsp3) is 0.650. The van der Waals surface area contributed by atoms with Gasteiger partial charge in [0, 0.05) is 5.56 Å². The highest BCUT2D eigenvalue weighted by molar-refractivity contribution is 5.95. The summed E-state index contributed by atoms with van der Waals surface area (Å²) in [6.07, 6.45) is 4.96. The van der Waals surface area contributed by atoms with Crippen LogP contribution in [0.2, 0.25) is 0 Å². The van der Waals surface area contributed by atoms with E-state index in [0.29, 0.717) is 17.9 Å². The highest BCUT2D eigenvalue weighted by atomic mass is 16.5. The molecule has 120 valence electrons. The topological polar surface area (TPSA) is 26.3 Å². The molecule has 1 saturated carbocycles. The molecule has 0 N–H and O–H groups in total. The van der Waals surface area contributed by atoms with Gasteiger partial charge in [0.1, 0.15) is 6.61 Å². The maximum Gasteiger partial charge on any atom is 0.339 e. The van der Waals surface area contributed by atoms with Gasteiger partial charge in [-0.05, 0) is 47.1 Å². The summed E-state index contributed by atoms with van der Waals surface area (Å²) in [5, 5.41) is 0. The van der Waals surface area contributed by atoms with E-state index < -0.39 is 0 Å². The van der Waals surface area contributed by atoms with E-state index in [1.807, 2.05) is 0 Å². The normalized spacial score (nSPS) is 26.9. The lowest BCUT2D eigenvalue weighted by Crippen LogP contribution is -2.35. The summed E-state index contributed by atoms with van der Waals surface area (Å²) < 4.78 is 5.29. The lowest BCUT2D eigenvalue weighted by molar-refractivity contribution is 0.0534. The van der Waals surface area contributed by atoms with Crippen molar-refractivity contribution in [1.29, 1.82) is 0 Å². The predicted molar refractivity (Wildman–Crippen MR) is 89.3 cm³/mol. The molecule has 1 aliphatic carbocycles. The molecule has 1 aromatic carbocycles. The Kier molecular flexibility index (Phi) is 3.62. The third kappa shape index (κ3) is 2.47. The van der Waals surface area contributed by atoms with Crippen molar-refractivity contribution in [3.63, 3.8) is 0 Å². The van der Waals surface area contributed by atoms with Crippen molar-refractivity contribution in [2.45, 2.75) is 78.2 Å². The molecule has 2 heteroatoms.